The number of rotatable bonds is 4. The summed E-state index contributed by atoms with van der Waals surface area (Å²) < 4.78 is 0. The predicted molar refractivity (Wildman–Crippen MR) is 72.6 cm³/mol. The molecule has 1 aromatic heterocycles. The van der Waals surface area contributed by atoms with Gasteiger partial charge in [0.05, 0.1) is 12.1 Å². The quantitative estimate of drug-likeness (QED) is 0.920. The van der Waals surface area contributed by atoms with Gasteiger partial charge < -0.3 is 5.11 Å². The highest BCUT2D eigenvalue weighted by atomic mass is 32.1. The summed E-state index contributed by atoms with van der Waals surface area (Å²) in [5.74, 6) is -0.212. The zero-order valence-electron chi connectivity index (χ0n) is 10.4. The SMILES string of the molecule is CC(C)(O)C(=O)Cc1nc(-c2ccccc2)cs1. The average Bonchev–Trinajstić information content (AvgIpc) is 2.77. The van der Waals surface area contributed by atoms with Crippen molar-refractivity contribution in [1.29, 1.82) is 0 Å². The number of hydrogen-bond donors (Lipinski definition) is 1. The van der Waals surface area contributed by atoms with E-state index in [9.17, 15) is 9.90 Å². The van der Waals surface area contributed by atoms with Gasteiger partial charge >= 0.3 is 0 Å². The highest BCUT2D eigenvalue weighted by Crippen LogP contribution is 2.22. The molecule has 94 valence electrons. The van der Waals surface area contributed by atoms with E-state index < -0.39 is 5.60 Å². The third kappa shape index (κ3) is 3.03. The van der Waals surface area contributed by atoms with E-state index >= 15 is 0 Å². The lowest BCUT2D eigenvalue weighted by atomic mass is 10.0. The fourth-order valence-corrected chi connectivity index (χ4v) is 2.29. The number of ketones is 1. The van der Waals surface area contributed by atoms with Crippen LogP contribution in [0.3, 0.4) is 0 Å². The molecule has 0 amide bonds. The molecule has 0 aliphatic heterocycles. The summed E-state index contributed by atoms with van der Waals surface area (Å²) in [4.78, 5) is 16.1. The monoisotopic (exact) mass is 261 g/mol. The number of nitrogens with zero attached hydrogens (tertiary/aromatic N) is 1. The fraction of sp³-hybridized carbons (Fsp3) is 0.286. The topological polar surface area (TPSA) is 50.2 Å². The van der Waals surface area contributed by atoms with Crippen molar-refractivity contribution in [3.63, 3.8) is 0 Å². The number of benzene rings is 1. The second kappa shape index (κ2) is 5.00. The normalized spacial score (nSPS) is 11.5. The highest BCUT2D eigenvalue weighted by Gasteiger charge is 2.24. The lowest BCUT2D eigenvalue weighted by molar-refractivity contribution is -0.133. The van der Waals surface area contributed by atoms with Gasteiger partial charge in [0.25, 0.3) is 0 Å². The molecular formula is C14H15NO2S. The second-order valence-corrected chi connectivity index (χ2v) is 5.59. The molecule has 0 saturated heterocycles. The third-order valence-electron chi connectivity index (χ3n) is 2.62. The van der Waals surface area contributed by atoms with Gasteiger partial charge in [-0.25, -0.2) is 4.98 Å². The van der Waals surface area contributed by atoms with Gasteiger partial charge in [-0.2, -0.15) is 0 Å². The van der Waals surface area contributed by atoms with Gasteiger partial charge in [0.1, 0.15) is 10.6 Å². The van der Waals surface area contributed by atoms with Crippen molar-refractivity contribution < 1.29 is 9.90 Å². The Bertz CT molecular complexity index is 540. The van der Waals surface area contributed by atoms with Crippen LogP contribution >= 0.6 is 11.3 Å². The van der Waals surface area contributed by atoms with Crippen molar-refractivity contribution in [3.05, 3.63) is 40.7 Å². The van der Waals surface area contributed by atoms with Crippen molar-refractivity contribution in [2.45, 2.75) is 25.9 Å². The molecule has 0 atom stereocenters. The molecule has 2 rings (SSSR count). The first-order valence-electron chi connectivity index (χ1n) is 5.72. The smallest absolute Gasteiger partial charge is 0.170 e. The summed E-state index contributed by atoms with van der Waals surface area (Å²) >= 11 is 1.45. The van der Waals surface area contributed by atoms with Crippen LogP contribution in [0.4, 0.5) is 0 Å². The largest absolute Gasteiger partial charge is 0.383 e. The van der Waals surface area contributed by atoms with E-state index in [0.717, 1.165) is 16.3 Å². The van der Waals surface area contributed by atoms with E-state index in [1.807, 2.05) is 35.7 Å². The maximum absolute atomic E-state index is 11.7. The van der Waals surface area contributed by atoms with Crippen LogP contribution in [0.1, 0.15) is 18.9 Å². The Morgan fingerprint density at radius 3 is 2.61 bits per heavy atom. The molecule has 0 radical (unpaired) electrons. The number of carbonyl (C=O) groups excluding carboxylic acids is 1. The van der Waals surface area contributed by atoms with Gasteiger partial charge in [-0.05, 0) is 13.8 Å². The van der Waals surface area contributed by atoms with Gasteiger partial charge in [0.2, 0.25) is 0 Å². The molecule has 3 nitrogen and oxygen atoms in total. The predicted octanol–water partition coefficient (Wildman–Crippen LogP) is 2.69. The molecule has 0 unspecified atom stereocenters. The van der Waals surface area contributed by atoms with Crippen LogP contribution in [-0.4, -0.2) is 21.5 Å². The van der Waals surface area contributed by atoms with Gasteiger partial charge in [-0.15, -0.1) is 11.3 Å². The first kappa shape index (κ1) is 12.9. The number of Topliss-reactive ketones (excluding diaryl/α,β-unsaturated/α-hetero) is 1. The minimum Gasteiger partial charge on any atom is -0.383 e. The maximum atomic E-state index is 11.7. The van der Waals surface area contributed by atoms with Crippen LogP contribution in [0.15, 0.2) is 35.7 Å². The Labute approximate surface area is 110 Å². The van der Waals surface area contributed by atoms with Gasteiger partial charge in [0, 0.05) is 10.9 Å². The summed E-state index contributed by atoms with van der Waals surface area (Å²) in [5.41, 5.74) is 0.619. The minimum absolute atomic E-state index is 0.182. The summed E-state index contributed by atoms with van der Waals surface area (Å²) in [6, 6.07) is 9.83. The van der Waals surface area contributed by atoms with E-state index in [2.05, 4.69) is 4.98 Å². The number of thiazole rings is 1. The van der Waals surface area contributed by atoms with Crippen LogP contribution < -0.4 is 0 Å². The molecule has 0 bridgehead atoms. The van der Waals surface area contributed by atoms with Crippen LogP contribution in [0.25, 0.3) is 11.3 Å². The zero-order chi connectivity index (χ0) is 13.2. The lowest BCUT2D eigenvalue weighted by Gasteiger charge is -2.13. The maximum Gasteiger partial charge on any atom is 0.170 e. The molecular weight excluding hydrogens is 246 g/mol. The zero-order valence-corrected chi connectivity index (χ0v) is 11.2. The number of hydrogen-bond acceptors (Lipinski definition) is 4. The summed E-state index contributed by atoms with van der Waals surface area (Å²) in [6.45, 7) is 3.00. The standard InChI is InChI=1S/C14H15NO2S/c1-14(2,17)12(16)8-13-15-11(9-18-13)10-6-4-3-5-7-10/h3-7,9,17H,8H2,1-2H3. The summed E-state index contributed by atoms with van der Waals surface area (Å²) in [6.07, 6.45) is 0.182. The number of carbonyl (C=O) groups is 1. The Balaban J connectivity index is 2.15. The molecule has 0 aliphatic rings. The molecule has 0 aliphatic carbocycles. The van der Waals surface area contributed by atoms with Crippen molar-refractivity contribution in [2.24, 2.45) is 0 Å². The molecule has 0 fully saturated rings. The van der Waals surface area contributed by atoms with Crippen molar-refractivity contribution in [1.82, 2.24) is 4.98 Å². The third-order valence-corrected chi connectivity index (χ3v) is 3.46. The van der Waals surface area contributed by atoms with Gasteiger partial charge in [-0.3, -0.25) is 4.79 Å². The molecule has 2 aromatic rings. The minimum atomic E-state index is -1.29. The van der Waals surface area contributed by atoms with Crippen molar-refractivity contribution in [2.75, 3.05) is 0 Å². The van der Waals surface area contributed by atoms with Crippen molar-refractivity contribution in [3.8, 4) is 11.3 Å². The Morgan fingerprint density at radius 2 is 2.00 bits per heavy atom. The van der Waals surface area contributed by atoms with Crippen LogP contribution in [0.2, 0.25) is 0 Å². The van der Waals surface area contributed by atoms with Crippen LogP contribution in [-0.2, 0) is 11.2 Å². The van der Waals surface area contributed by atoms with Crippen molar-refractivity contribution >= 4 is 17.1 Å². The van der Waals surface area contributed by atoms with Crippen LogP contribution in [0.5, 0.6) is 0 Å². The molecule has 4 heteroatoms. The lowest BCUT2D eigenvalue weighted by Crippen LogP contribution is -2.32. The molecule has 1 heterocycles. The van der Waals surface area contributed by atoms with Gasteiger partial charge in [0.15, 0.2) is 5.78 Å². The molecule has 1 N–H and O–H groups in total. The Hall–Kier alpha value is -1.52. The van der Waals surface area contributed by atoms with E-state index in [4.69, 9.17) is 0 Å². The summed E-state index contributed by atoms with van der Waals surface area (Å²) in [7, 11) is 0. The second-order valence-electron chi connectivity index (χ2n) is 4.65. The average molecular weight is 261 g/mol. The van der Waals surface area contributed by atoms with E-state index in [1.165, 1.54) is 25.2 Å². The van der Waals surface area contributed by atoms with E-state index in [1.54, 1.807) is 0 Å². The molecule has 0 spiro atoms. The number of aromatic nitrogens is 1. The molecule has 0 saturated carbocycles. The Morgan fingerprint density at radius 1 is 1.33 bits per heavy atom. The summed E-state index contributed by atoms with van der Waals surface area (Å²) in [5, 5.41) is 12.3. The molecule has 1 aromatic carbocycles. The van der Waals surface area contributed by atoms with E-state index in [-0.39, 0.29) is 12.2 Å². The van der Waals surface area contributed by atoms with Gasteiger partial charge in [-0.1, -0.05) is 30.3 Å². The van der Waals surface area contributed by atoms with Crippen LogP contribution in [0, 0.1) is 0 Å². The first-order chi connectivity index (χ1) is 8.47. The van der Waals surface area contributed by atoms with E-state index in [0.29, 0.717) is 0 Å². The fourth-order valence-electron chi connectivity index (χ4n) is 1.49. The molecule has 18 heavy (non-hydrogen) atoms. The highest BCUT2D eigenvalue weighted by molar-refractivity contribution is 7.10. The Kier molecular flexibility index (Phi) is 3.59. The first-order valence-corrected chi connectivity index (χ1v) is 6.60. The number of aliphatic hydroxyl groups is 1.